The number of nitrogens with one attached hydrogen (secondary N) is 1. The normalized spacial score (nSPS) is 16.3. The Balaban J connectivity index is 1.45. The van der Waals surface area contributed by atoms with Gasteiger partial charge in [-0.05, 0) is 79.7 Å². The molecule has 36 heavy (non-hydrogen) atoms. The monoisotopic (exact) mass is 485 g/mol. The predicted molar refractivity (Wildman–Crippen MR) is 143 cm³/mol. The van der Waals surface area contributed by atoms with Gasteiger partial charge in [-0.25, -0.2) is 0 Å². The Kier molecular flexibility index (Phi) is 8.52. The van der Waals surface area contributed by atoms with E-state index in [9.17, 15) is 9.59 Å². The van der Waals surface area contributed by atoms with Crippen molar-refractivity contribution >= 4 is 11.9 Å². The van der Waals surface area contributed by atoms with Gasteiger partial charge >= 0.3 is 5.97 Å². The molecular weight excluding hydrogens is 450 g/mol. The molecule has 0 aliphatic carbocycles. The first-order valence-electron chi connectivity index (χ1n) is 12.6. The quantitative estimate of drug-likeness (QED) is 0.423. The Hall–Kier alpha value is -3.48. The summed E-state index contributed by atoms with van der Waals surface area (Å²) in [5, 5.41) is 12.2. The molecule has 188 valence electrons. The van der Waals surface area contributed by atoms with Crippen LogP contribution in [0, 0.1) is 5.92 Å². The maximum absolute atomic E-state index is 13.0. The number of hydrogen-bond acceptors (Lipinski definition) is 4. The van der Waals surface area contributed by atoms with Crippen LogP contribution in [-0.2, 0) is 11.2 Å². The maximum atomic E-state index is 13.0. The summed E-state index contributed by atoms with van der Waals surface area (Å²) in [4.78, 5) is 26.3. The van der Waals surface area contributed by atoms with Gasteiger partial charge in [-0.3, -0.25) is 9.59 Å². The van der Waals surface area contributed by atoms with Gasteiger partial charge in [0.2, 0.25) is 0 Å². The highest BCUT2D eigenvalue weighted by Gasteiger charge is 2.27. The number of piperidine rings is 1. The molecule has 1 saturated heterocycles. The molecule has 4 rings (SSSR count). The second-order valence-electron chi connectivity index (χ2n) is 9.79. The molecule has 1 amide bonds. The largest absolute Gasteiger partial charge is 0.480 e. The van der Waals surface area contributed by atoms with Crippen LogP contribution < -0.4 is 11.1 Å². The van der Waals surface area contributed by atoms with Crippen LogP contribution >= 0.6 is 0 Å². The van der Waals surface area contributed by atoms with E-state index in [1.807, 2.05) is 18.2 Å². The number of hydrogen-bond donors (Lipinski definition) is 3. The molecule has 1 fully saturated rings. The van der Waals surface area contributed by atoms with Gasteiger partial charge in [0, 0.05) is 18.0 Å². The van der Waals surface area contributed by atoms with E-state index in [1.165, 1.54) is 16.7 Å². The van der Waals surface area contributed by atoms with E-state index in [0.717, 1.165) is 31.5 Å². The van der Waals surface area contributed by atoms with Crippen molar-refractivity contribution in [2.75, 3.05) is 26.7 Å². The zero-order chi connectivity index (χ0) is 25.5. The maximum Gasteiger partial charge on any atom is 0.320 e. The third-order valence-corrected chi connectivity index (χ3v) is 7.25. The van der Waals surface area contributed by atoms with E-state index in [2.05, 4.69) is 53.7 Å². The number of carbonyl (C=O) groups is 2. The highest BCUT2D eigenvalue weighted by Crippen LogP contribution is 2.33. The molecule has 0 unspecified atom stereocenters. The summed E-state index contributed by atoms with van der Waals surface area (Å²) in [7, 11) is 2.16. The summed E-state index contributed by atoms with van der Waals surface area (Å²) in [5.41, 5.74) is 10.6. The number of amides is 1. The molecule has 0 saturated carbocycles. The molecule has 0 spiro atoms. The van der Waals surface area contributed by atoms with Gasteiger partial charge in [0.25, 0.3) is 5.91 Å². The molecule has 6 heteroatoms. The van der Waals surface area contributed by atoms with Crippen molar-refractivity contribution in [2.24, 2.45) is 11.7 Å². The molecule has 2 atom stereocenters. The smallest absolute Gasteiger partial charge is 0.320 e. The number of carbonyl (C=O) groups excluding carboxylic acids is 1. The number of rotatable bonds is 9. The van der Waals surface area contributed by atoms with E-state index >= 15 is 0 Å². The van der Waals surface area contributed by atoms with Crippen molar-refractivity contribution in [3.8, 4) is 11.1 Å². The van der Waals surface area contributed by atoms with Gasteiger partial charge in [0.05, 0.1) is 0 Å². The van der Waals surface area contributed by atoms with Gasteiger partial charge in [-0.1, -0.05) is 66.7 Å². The van der Waals surface area contributed by atoms with Crippen molar-refractivity contribution < 1.29 is 14.7 Å². The molecule has 1 heterocycles. The molecule has 4 N–H and O–H groups in total. The number of aliphatic carboxylic acids is 1. The highest BCUT2D eigenvalue weighted by molar-refractivity contribution is 5.94. The summed E-state index contributed by atoms with van der Waals surface area (Å²) >= 11 is 0. The van der Waals surface area contributed by atoms with Crippen LogP contribution in [0.4, 0.5) is 0 Å². The molecule has 0 radical (unpaired) electrons. The molecule has 0 bridgehead atoms. The fourth-order valence-corrected chi connectivity index (χ4v) is 4.98. The lowest BCUT2D eigenvalue weighted by atomic mass is 9.79. The molecule has 3 aromatic rings. The minimum Gasteiger partial charge on any atom is -0.480 e. The molecule has 1 aliphatic rings. The van der Waals surface area contributed by atoms with Crippen LogP contribution in [0.1, 0.15) is 40.2 Å². The predicted octanol–water partition coefficient (Wildman–Crippen LogP) is 4.16. The van der Waals surface area contributed by atoms with Crippen LogP contribution in [0.15, 0.2) is 78.9 Å². The minimum atomic E-state index is -1.03. The van der Waals surface area contributed by atoms with Gasteiger partial charge in [0.15, 0.2) is 0 Å². The molecular formula is C30H35N3O3. The number of nitrogens with two attached hydrogens (primary N) is 1. The van der Waals surface area contributed by atoms with Crippen LogP contribution in [0.5, 0.6) is 0 Å². The highest BCUT2D eigenvalue weighted by atomic mass is 16.4. The molecule has 6 nitrogen and oxygen atoms in total. The first kappa shape index (κ1) is 25.6. The number of carboxylic acid groups (broad SMARTS) is 1. The van der Waals surface area contributed by atoms with E-state index < -0.39 is 12.0 Å². The van der Waals surface area contributed by atoms with Gasteiger partial charge in [0.1, 0.15) is 6.04 Å². The zero-order valence-corrected chi connectivity index (χ0v) is 20.8. The summed E-state index contributed by atoms with van der Waals surface area (Å²) < 4.78 is 0. The number of carboxylic acids is 1. The number of nitrogens with zero attached hydrogens (tertiary/aromatic N) is 1. The van der Waals surface area contributed by atoms with Gasteiger partial charge in [-0.2, -0.15) is 0 Å². The second kappa shape index (κ2) is 12.0. The summed E-state index contributed by atoms with van der Waals surface area (Å²) in [6.07, 6.45) is 2.44. The van der Waals surface area contributed by atoms with Crippen molar-refractivity contribution in [3.05, 3.63) is 95.6 Å². The summed E-state index contributed by atoms with van der Waals surface area (Å²) in [6, 6.07) is 25.2. The van der Waals surface area contributed by atoms with Crippen molar-refractivity contribution in [3.63, 3.8) is 0 Å². The third kappa shape index (κ3) is 6.59. The fourth-order valence-electron chi connectivity index (χ4n) is 4.98. The lowest BCUT2D eigenvalue weighted by Crippen LogP contribution is -2.37. The Morgan fingerprint density at radius 2 is 1.56 bits per heavy atom. The lowest BCUT2D eigenvalue weighted by molar-refractivity contribution is -0.138. The molecule has 1 aliphatic heterocycles. The molecule has 3 aromatic carbocycles. The average molecular weight is 486 g/mol. The van der Waals surface area contributed by atoms with Crippen molar-refractivity contribution in [2.45, 2.75) is 31.2 Å². The van der Waals surface area contributed by atoms with Gasteiger partial charge < -0.3 is 21.1 Å². The first-order chi connectivity index (χ1) is 17.4. The minimum absolute atomic E-state index is 0.122. The first-order valence-corrected chi connectivity index (χ1v) is 12.6. The molecule has 0 aromatic heterocycles. The number of likely N-dealkylation sites (tertiary alicyclic amines) is 1. The van der Waals surface area contributed by atoms with E-state index in [0.29, 0.717) is 18.0 Å². The van der Waals surface area contributed by atoms with Gasteiger partial charge in [-0.15, -0.1) is 0 Å². The zero-order valence-electron chi connectivity index (χ0n) is 20.8. The second-order valence-corrected chi connectivity index (χ2v) is 9.79. The lowest BCUT2D eigenvalue weighted by Gasteiger charge is -2.35. The number of benzene rings is 3. The van der Waals surface area contributed by atoms with Crippen molar-refractivity contribution in [1.82, 2.24) is 10.2 Å². The van der Waals surface area contributed by atoms with Crippen LogP contribution in [0.3, 0.4) is 0 Å². The fraction of sp³-hybridized carbons (Fsp3) is 0.333. The third-order valence-electron chi connectivity index (χ3n) is 7.25. The summed E-state index contributed by atoms with van der Waals surface area (Å²) in [6.45, 7) is 2.71. The topological polar surface area (TPSA) is 95.7 Å². The van der Waals surface area contributed by atoms with Crippen LogP contribution in [0.25, 0.3) is 11.1 Å². The van der Waals surface area contributed by atoms with Crippen LogP contribution in [-0.4, -0.2) is 54.6 Å². The van der Waals surface area contributed by atoms with E-state index in [1.54, 1.807) is 24.3 Å². The Bertz CT molecular complexity index is 1140. The standard InChI is InChI=1S/C30H35N3O3/c1-33-17-15-25(16-18-33)27(24-13-11-23(12-14-24)22-5-3-2-4-6-22)20-32-29(34)26-9-7-21(8-10-26)19-28(31)30(35)36/h2-14,25,27-28H,15-20,31H2,1H3,(H,32,34)(H,35,36)/t27-,28+/m0/s1. The Morgan fingerprint density at radius 1 is 0.944 bits per heavy atom. The SMILES string of the molecule is CN1CCC([C@@H](CNC(=O)c2ccc(C[C@@H](N)C(=O)O)cc2)c2ccc(-c3ccccc3)cc2)CC1. The van der Waals surface area contributed by atoms with E-state index in [4.69, 9.17) is 10.8 Å². The van der Waals surface area contributed by atoms with Crippen molar-refractivity contribution in [1.29, 1.82) is 0 Å². The Labute approximate surface area is 213 Å². The summed E-state index contributed by atoms with van der Waals surface area (Å²) in [5.74, 6) is -0.416. The average Bonchev–Trinajstić information content (AvgIpc) is 2.91. The Morgan fingerprint density at radius 3 is 2.17 bits per heavy atom. The van der Waals surface area contributed by atoms with E-state index in [-0.39, 0.29) is 18.2 Å². The van der Waals surface area contributed by atoms with Crippen LogP contribution in [0.2, 0.25) is 0 Å².